The lowest BCUT2D eigenvalue weighted by Crippen LogP contribution is -2.30. The number of nitrogens with two attached hydrogens (primary N) is 1. The number of hydrogen-bond donors (Lipinski definition) is 2. The molecule has 0 spiro atoms. The van der Waals surface area contributed by atoms with Gasteiger partial charge in [-0.25, -0.2) is 4.98 Å². The van der Waals surface area contributed by atoms with Crippen molar-refractivity contribution in [3.63, 3.8) is 0 Å². The third kappa shape index (κ3) is 4.71. The molecule has 4 nitrogen and oxygen atoms in total. The lowest BCUT2D eigenvalue weighted by molar-refractivity contribution is -0.120. The van der Waals surface area contributed by atoms with E-state index in [1.807, 2.05) is 0 Å². The lowest BCUT2D eigenvalue weighted by Gasteiger charge is -2.16. The van der Waals surface area contributed by atoms with Crippen LogP contribution in [0.1, 0.15) is 20.3 Å². The molecule has 0 bridgehead atoms. The van der Waals surface area contributed by atoms with Gasteiger partial charge in [0, 0.05) is 17.8 Å². The molecule has 3 N–H and O–H groups in total. The Balaban J connectivity index is 2.64. The fraction of sp³-hybridized carbons (Fsp3) is 0.500. The highest BCUT2D eigenvalue weighted by Gasteiger charge is 2.18. The van der Waals surface area contributed by atoms with E-state index in [0.29, 0.717) is 23.3 Å². The van der Waals surface area contributed by atoms with E-state index in [9.17, 15) is 4.79 Å². The average Bonchev–Trinajstić information content (AvgIpc) is 2.25. The van der Waals surface area contributed by atoms with Crippen molar-refractivity contribution in [2.24, 2.45) is 17.6 Å². The minimum atomic E-state index is -0.184. The summed E-state index contributed by atoms with van der Waals surface area (Å²) in [5.41, 5.74) is 5.60. The number of nitrogens with zero attached hydrogens (tertiary/aromatic N) is 1. The zero-order chi connectivity index (χ0) is 12.8. The minimum Gasteiger partial charge on any atom is -0.330 e. The first-order valence-corrected chi connectivity index (χ1v) is 6.03. The van der Waals surface area contributed by atoms with Crippen LogP contribution < -0.4 is 11.1 Å². The van der Waals surface area contributed by atoms with Gasteiger partial charge >= 0.3 is 0 Å². The first-order chi connectivity index (χ1) is 8.02. The largest absolute Gasteiger partial charge is 0.330 e. The number of nitrogens with one attached hydrogen (secondary N) is 1. The number of carbonyl (C=O) groups excluding carboxylic acids is 1. The number of carbonyl (C=O) groups is 1. The molecule has 0 saturated carbocycles. The SMILES string of the molecule is CC(C)CC(CN)C(=O)Nc1cc(Cl)ccn1. The van der Waals surface area contributed by atoms with E-state index >= 15 is 0 Å². The molecule has 17 heavy (non-hydrogen) atoms. The number of amides is 1. The van der Waals surface area contributed by atoms with Gasteiger partial charge in [0.1, 0.15) is 5.82 Å². The molecule has 0 aromatic carbocycles. The number of anilines is 1. The highest BCUT2D eigenvalue weighted by atomic mass is 35.5. The Kier molecular flexibility index (Phi) is 5.38. The minimum absolute atomic E-state index is 0.101. The molecule has 5 heteroatoms. The number of aromatic nitrogens is 1. The predicted octanol–water partition coefficient (Wildman–Crippen LogP) is 2.29. The molecule has 1 rings (SSSR count). The molecule has 0 radical (unpaired) electrons. The quantitative estimate of drug-likeness (QED) is 0.848. The molecule has 1 unspecified atom stereocenters. The van der Waals surface area contributed by atoms with Gasteiger partial charge in [-0.15, -0.1) is 0 Å². The maximum atomic E-state index is 11.9. The molecule has 0 aliphatic rings. The first kappa shape index (κ1) is 13.9. The summed E-state index contributed by atoms with van der Waals surface area (Å²) in [6, 6.07) is 3.27. The fourth-order valence-electron chi connectivity index (χ4n) is 1.58. The second-order valence-electron chi connectivity index (χ2n) is 4.41. The predicted molar refractivity (Wildman–Crippen MR) is 69.9 cm³/mol. The van der Waals surface area contributed by atoms with Crippen molar-refractivity contribution < 1.29 is 4.79 Å². The van der Waals surface area contributed by atoms with Gasteiger partial charge in [0.15, 0.2) is 0 Å². The fourth-order valence-corrected chi connectivity index (χ4v) is 1.74. The molecule has 1 aromatic rings. The first-order valence-electron chi connectivity index (χ1n) is 5.65. The average molecular weight is 256 g/mol. The molecule has 0 saturated heterocycles. The van der Waals surface area contributed by atoms with Crippen molar-refractivity contribution in [2.75, 3.05) is 11.9 Å². The number of pyridine rings is 1. The summed E-state index contributed by atoms with van der Waals surface area (Å²) in [5.74, 6) is 0.609. The highest BCUT2D eigenvalue weighted by molar-refractivity contribution is 6.30. The summed E-state index contributed by atoms with van der Waals surface area (Å²) < 4.78 is 0. The second kappa shape index (κ2) is 6.57. The highest BCUT2D eigenvalue weighted by Crippen LogP contribution is 2.15. The topological polar surface area (TPSA) is 68.0 Å². The summed E-state index contributed by atoms with van der Waals surface area (Å²) >= 11 is 5.81. The van der Waals surface area contributed by atoms with E-state index in [2.05, 4.69) is 24.1 Å². The number of halogens is 1. The van der Waals surface area contributed by atoms with Crippen LogP contribution in [0.2, 0.25) is 5.02 Å². The van der Waals surface area contributed by atoms with Crippen LogP contribution in [0.15, 0.2) is 18.3 Å². The molecular formula is C12H18ClN3O. The van der Waals surface area contributed by atoms with E-state index in [4.69, 9.17) is 17.3 Å². The monoisotopic (exact) mass is 255 g/mol. The molecular weight excluding hydrogens is 238 g/mol. The van der Waals surface area contributed by atoms with Crippen molar-refractivity contribution in [3.8, 4) is 0 Å². The zero-order valence-electron chi connectivity index (χ0n) is 10.1. The van der Waals surface area contributed by atoms with Crippen molar-refractivity contribution in [2.45, 2.75) is 20.3 Å². The van der Waals surface area contributed by atoms with Gasteiger partial charge in [0.2, 0.25) is 5.91 Å². The van der Waals surface area contributed by atoms with Gasteiger partial charge < -0.3 is 11.1 Å². The van der Waals surface area contributed by atoms with Crippen LogP contribution in [-0.4, -0.2) is 17.4 Å². The third-order valence-electron chi connectivity index (χ3n) is 2.38. The van der Waals surface area contributed by atoms with E-state index in [1.54, 1.807) is 18.3 Å². The van der Waals surface area contributed by atoms with Gasteiger partial charge in [0.25, 0.3) is 0 Å². The van der Waals surface area contributed by atoms with E-state index in [0.717, 1.165) is 6.42 Å². The molecule has 0 fully saturated rings. The Hall–Kier alpha value is -1.13. The van der Waals surface area contributed by atoms with Crippen molar-refractivity contribution in [1.29, 1.82) is 0 Å². The normalized spacial score (nSPS) is 12.5. The Morgan fingerprint density at radius 1 is 1.59 bits per heavy atom. The van der Waals surface area contributed by atoms with Crippen LogP contribution in [-0.2, 0) is 4.79 Å². The van der Waals surface area contributed by atoms with Gasteiger partial charge in [-0.1, -0.05) is 25.4 Å². The van der Waals surface area contributed by atoms with E-state index < -0.39 is 0 Å². The number of rotatable bonds is 5. The molecule has 1 atom stereocenters. The summed E-state index contributed by atoms with van der Waals surface area (Å²) in [6.07, 6.45) is 2.32. The molecule has 0 aliphatic carbocycles. The van der Waals surface area contributed by atoms with E-state index in [-0.39, 0.29) is 11.8 Å². The summed E-state index contributed by atoms with van der Waals surface area (Å²) in [6.45, 7) is 4.46. The van der Waals surface area contributed by atoms with Crippen LogP contribution in [0.25, 0.3) is 0 Å². The van der Waals surface area contributed by atoms with Crippen molar-refractivity contribution in [3.05, 3.63) is 23.4 Å². The Bertz CT molecular complexity index is 382. The molecule has 1 heterocycles. The van der Waals surface area contributed by atoms with Gasteiger partial charge in [0.05, 0.1) is 5.92 Å². The summed E-state index contributed by atoms with van der Waals surface area (Å²) in [7, 11) is 0. The smallest absolute Gasteiger partial charge is 0.229 e. The molecule has 94 valence electrons. The number of hydrogen-bond acceptors (Lipinski definition) is 3. The Morgan fingerprint density at radius 2 is 2.29 bits per heavy atom. The Labute approximate surface area is 107 Å². The summed E-state index contributed by atoms with van der Waals surface area (Å²) in [4.78, 5) is 15.9. The molecule has 1 amide bonds. The second-order valence-corrected chi connectivity index (χ2v) is 4.85. The summed E-state index contributed by atoms with van der Waals surface area (Å²) in [5, 5.41) is 3.27. The van der Waals surface area contributed by atoms with Crippen LogP contribution in [0.3, 0.4) is 0 Å². The van der Waals surface area contributed by atoms with Gasteiger partial charge in [-0.3, -0.25) is 4.79 Å². The molecule has 1 aromatic heterocycles. The Morgan fingerprint density at radius 3 is 2.82 bits per heavy atom. The van der Waals surface area contributed by atoms with Crippen molar-refractivity contribution in [1.82, 2.24) is 4.98 Å². The standard InChI is InChI=1S/C12H18ClN3O/c1-8(2)5-9(7-14)12(17)16-11-6-10(13)3-4-15-11/h3-4,6,8-9H,5,7,14H2,1-2H3,(H,15,16,17). The lowest BCUT2D eigenvalue weighted by atomic mass is 9.96. The van der Waals surface area contributed by atoms with Crippen LogP contribution in [0.5, 0.6) is 0 Å². The molecule has 0 aliphatic heterocycles. The van der Waals surface area contributed by atoms with E-state index in [1.165, 1.54) is 0 Å². The van der Waals surface area contributed by atoms with Crippen LogP contribution in [0, 0.1) is 11.8 Å². The van der Waals surface area contributed by atoms with Gasteiger partial charge in [-0.2, -0.15) is 0 Å². The zero-order valence-corrected chi connectivity index (χ0v) is 10.9. The maximum Gasteiger partial charge on any atom is 0.229 e. The van der Waals surface area contributed by atoms with Gasteiger partial charge in [-0.05, 0) is 24.5 Å². The third-order valence-corrected chi connectivity index (χ3v) is 2.62. The van der Waals surface area contributed by atoms with Crippen LogP contribution in [0.4, 0.5) is 5.82 Å². The van der Waals surface area contributed by atoms with Crippen molar-refractivity contribution >= 4 is 23.3 Å². The van der Waals surface area contributed by atoms with Crippen LogP contribution >= 0.6 is 11.6 Å². The maximum absolute atomic E-state index is 11.9.